The third-order valence-electron chi connectivity index (χ3n) is 6.49. The number of Topliss-reactive ketones (excluding diaryl/α,β-unsaturated/α-hetero) is 1. The highest BCUT2D eigenvalue weighted by Crippen LogP contribution is 2.43. The number of hydrogen-bond donors (Lipinski definition) is 0. The second kappa shape index (κ2) is 8.72. The Morgan fingerprint density at radius 2 is 2.12 bits per heavy atom. The standard InChI is InChI=1S/C24H25FN2O6/c1-30-22-20(31-13-19(28)15-5-6-15)8-7-18(26-22)23(29)27-10-9-24(21(12-27)32-14-33-24)16-3-2-4-17(25)11-16/h2-4,7-8,11,15,21H,5-6,9-10,12-14H2,1H3. The van der Waals surface area contributed by atoms with Gasteiger partial charge in [0.05, 0.1) is 13.7 Å². The lowest BCUT2D eigenvalue weighted by Crippen LogP contribution is -2.53. The summed E-state index contributed by atoms with van der Waals surface area (Å²) in [6.07, 6.45) is 1.87. The van der Waals surface area contributed by atoms with Gasteiger partial charge >= 0.3 is 0 Å². The van der Waals surface area contributed by atoms with Crippen molar-refractivity contribution in [1.82, 2.24) is 9.88 Å². The molecule has 2 atom stereocenters. The molecule has 0 bridgehead atoms. The van der Waals surface area contributed by atoms with Gasteiger partial charge in [0, 0.05) is 18.9 Å². The van der Waals surface area contributed by atoms with E-state index in [1.807, 2.05) is 6.07 Å². The molecule has 2 unspecified atom stereocenters. The average Bonchev–Trinajstić information content (AvgIpc) is 3.60. The summed E-state index contributed by atoms with van der Waals surface area (Å²) in [5, 5.41) is 0. The van der Waals surface area contributed by atoms with E-state index in [0.29, 0.717) is 24.3 Å². The normalized spacial score (nSPS) is 24.3. The van der Waals surface area contributed by atoms with Crippen molar-refractivity contribution < 1.29 is 32.9 Å². The maximum Gasteiger partial charge on any atom is 0.272 e. The molecule has 1 aromatic heterocycles. The van der Waals surface area contributed by atoms with Crippen LogP contribution in [0.25, 0.3) is 0 Å². The largest absolute Gasteiger partial charge is 0.480 e. The smallest absolute Gasteiger partial charge is 0.272 e. The van der Waals surface area contributed by atoms with Gasteiger partial charge in [0.2, 0.25) is 0 Å². The number of rotatable bonds is 7. The minimum Gasteiger partial charge on any atom is -0.480 e. The molecule has 1 aromatic carbocycles. The Morgan fingerprint density at radius 1 is 1.27 bits per heavy atom. The van der Waals surface area contributed by atoms with Crippen LogP contribution in [-0.4, -0.2) is 61.3 Å². The molecule has 2 aromatic rings. The molecule has 0 spiro atoms. The van der Waals surface area contributed by atoms with Crippen LogP contribution >= 0.6 is 0 Å². The van der Waals surface area contributed by atoms with Crippen molar-refractivity contribution in [3.63, 3.8) is 0 Å². The van der Waals surface area contributed by atoms with Crippen molar-refractivity contribution in [2.45, 2.75) is 31.0 Å². The Hall–Kier alpha value is -3.04. The highest BCUT2D eigenvalue weighted by molar-refractivity contribution is 5.92. The Morgan fingerprint density at radius 3 is 2.88 bits per heavy atom. The van der Waals surface area contributed by atoms with Crippen LogP contribution in [-0.2, 0) is 19.9 Å². The van der Waals surface area contributed by atoms with Crippen molar-refractivity contribution in [2.24, 2.45) is 5.92 Å². The number of fused-ring (bicyclic) bond motifs is 1. The van der Waals surface area contributed by atoms with E-state index in [2.05, 4.69) is 4.98 Å². The zero-order valence-corrected chi connectivity index (χ0v) is 18.3. The van der Waals surface area contributed by atoms with Gasteiger partial charge in [0.1, 0.15) is 36.6 Å². The number of pyridine rings is 1. The first-order valence-electron chi connectivity index (χ1n) is 11.0. The molecule has 3 fully saturated rings. The summed E-state index contributed by atoms with van der Waals surface area (Å²) < 4.78 is 36.4. The molecule has 8 nitrogen and oxygen atoms in total. The van der Waals surface area contributed by atoms with E-state index in [-0.39, 0.29) is 54.9 Å². The zero-order valence-electron chi connectivity index (χ0n) is 18.3. The lowest BCUT2D eigenvalue weighted by atomic mass is 9.82. The van der Waals surface area contributed by atoms with E-state index in [1.54, 1.807) is 23.1 Å². The number of ether oxygens (including phenoxy) is 4. The second-order valence-electron chi connectivity index (χ2n) is 8.55. The quantitative estimate of drug-likeness (QED) is 0.633. The Kier molecular flexibility index (Phi) is 5.76. The Balaban J connectivity index is 1.29. The molecule has 1 amide bonds. The Bertz CT molecular complexity index is 1070. The van der Waals surface area contributed by atoms with Gasteiger partial charge in [-0.1, -0.05) is 12.1 Å². The molecular weight excluding hydrogens is 431 g/mol. The van der Waals surface area contributed by atoms with Gasteiger partial charge in [-0.25, -0.2) is 9.37 Å². The number of likely N-dealkylation sites (tertiary alicyclic amines) is 1. The number of nitrogens with zero attached hydrogens (tertiary/aromatic N) is 2. The fraction of sp³-hybridized carbons (Fsp3) is 0.458. The van der Waals surface area contributed by atoms with E-state index in [4.69, 9.17) is 18.9 Å². The molecule has 3 heterocycles. The molecule has 0 radical (unpaired) electrons. The molecule has 1 aliphatic carbocycles. The fourth-order valence-corrected chi connectivity index (χ4v) is 4.46. The lowest BCUT2D eigenvalue weighted by Gasteiger charge is -2.41. The number of aromatic nitrogens is 1. The van der Waals surface area contributed by atoms with E-state index < -0.39 is 11.7 Å². The molecule has 5 rings (SSSR count). The first kappa shape index (κ1) is 21.8. The van der Waals surface area contributed by atoms with Gasteiger partial charge in [-0.05, 0) is 42.7 Å². The number of ketones is 1. The van der Waals surface area contributed by atoms with Gasteiger partial charge in [-0.15, -0.1) is 0 Å². The molecule has 33 heavy (non-hydrogen) atoms. The van der Waals surface area contributed by atoms with Gasteiger partial charge in [0.25, 0.3) is 11.8 Å². The number of methoxy groups -OCH3 is 1. The van der Waals surface area contributed by atoms with Gasteiger partial charge in [-0.3, -0.25) is 9.59 Å². The predicted octanol–water partition coefficient (Wildman–Crippen LogP) is 2.70. The summed E-state index contributed by atoms with van der Waals surface area (Å²) in [5.74, 6) is 0.0101. The molecule has 3 aliphatic rings. The zero-order chi connectivity index (χ0) is 23.0. The third kappa shape index (κ3) is 4.18. The van der Waals surface area contributed by atoms with Crippen molar-refractivity contribution in [3.05, 3.63) is 53.5 Å². The van der Waals surface area contributed by atoms with Crippen LogP contribution in [0.4, 0.5) is 4.39 Å². The van der Waals surface area contributed by atoms with Crippen LogP contribution in [0, 0.1) is 11.7 Å². The van der Waals surface area contributed by atoms with Crippen LogP contribution in [0.2, 0.25) is 0 Å². The lowest BCUT2D eigenvalue weighted by molar-refractivity contribution is -0.122. The monoisotopic (exact) mass is 456 g/mol. The summed E-state index contributed by atoms with van der Waals surface area (Å²) in [5.41, 5.74) is 0.125. The van der Waals surface area contributed by atoms with Crippen molar-refractivity contribution in [2.75, 3.05) is 33.6 Å². The number of benzene rings is 1. The minimum atomic E-state index is -0.782. The number of piperidine rings is 1. The van der Waals surface area contributed by atoms with Crippen LogP contribution < -0.4 is 9.47 Å². The summed E-state index contributed by atoms with van der Waals surface area (Å²) in [4.78, 5) is 31.0. The third-order valence-corrected chi connectivity index (χ3v) is 6.49. The Labute approximate surface area is 190 Å². The van der Waals surface area contributed by atoms with Gasteiger partial charge in [0.15, 0.2) is 11.5 Å². The summed E-state index contributed by atoms with van der Waals surface area (Å²) in [6, 6.07) is 9.46. The number of carbonyl (C=O) groups excluding carboxylic acids is 2. The molecule has 2 saturated heterocycles. The van der Waals surface area contributed by atoms with E-state index in [9.17, 15) is 14.0 Å². The minimum absolute atomic E-state index is 0.0384. The summed E-state index contributed by atoms with van der Waals surface area (Å²) in [6.45, 7) is 0.727. The van der Waals surface area contributed by atoms with Crippen LogP contribution in [0.15, 0.2) is 36.4 Å². The molecule has 9 heteroatoms. The SMILES string of the molecule is COc1nc(C(=O)N2CCC3(c4cccc(F)c4)OCOC3C2)ccc1OCC(=O)C1CC1. The fourth-order valence-electron chi connectivity index (χ4n) is 4.46. The van der Waals surface area contributed by atoms with Crippen molar-refractivity contribution in [3.8, 4) is 11.6 Å². The number of carbonyl (C=O) groups is 2. The maximum absolute atomic E-state index is 13.8. The summed E-state index contributed by atoms with van der Waals surface area (Å²) in [7, 11) is 1.43. The van der Waals surface area contributed by atoms with E-state index >= 15 is 0 Å². The van der Waals surface area contributed by atoms with E-state index in [1.165, 1.54) is 19.2 Å². The van der Waals surface area contributed by atoms with Crippen LogP contribution in [0.5, 0.6) is 11.6 Å². The average molecular weight is 456 g/mol. The molecule has 2 aliphatic heterocycles. The molecular formula is C24H25FN2O6. The maximum atomic E-state index is 13.8. The first-order chi connectivity index (χ1) is 16.0. The van der Waals surface area contributed by atoms with E-state index in [0.717, 1.165) is 12.8 Å². The summed E-state index contributed by atoms with van der Waals surface area (Å²) >= 11 is 0. The highest BCUT2D eigenvalue weighted by atomic mass is 19.1. The predicted molar refractivity (Wildman–Crippen MR) is 113 cm³/mol. The van der Waals surface area contributed by atoms with Crippen LogP contribution in [0.1, 0.15) is 35.3 Å². The first-order valence-corrected chi connectivity index (χ1v) is 11.0. The topological polar surface area (TPSA) is 87.2 Å². The number of hydrogen-bond acceptors (Lipinski definition) is 7. The van der Waals surface area contributed by atoms with Crippen molar-refractivity contribution >= 4 is 11.7 Å². The van der Waals surface area contributed by atoms with Crippen molar-refractivity contribution in [1.29, 1.82) is 0 Å². The number of halogens is 1. The molecule has 1 saturated carbocycles. The number of amides is 1. The molecule has 174 valence electrons. The highest BCUT2D eigenvalue weighted by Gasteiger charge is 2.51. The molecule has 0 N–H and O–H groups in total. The van der Waals surface area contributed by atoms with Crippen LogP contribution in [0.3, 0.4) is 0 Å². The van der Waals surface area contributed by atoms with Gasteiger partial charge in [-0.2, -0.15) is 0 Å². The second-order valence-corrected chi connectivity index (χ2v) is 8.55. The van der Waals surface area contributed by atoms with Gasteiger partial charge < -0.3 is 23.8 Å².